The van der Waals surface area contributed by atoms with E-state index in [9.17, 15) is 19.2 Å². The first-order valence-electron chi connectivity index (χ1n) is 12.3. The van der Waals surface area contributed by atoms with E-state index in [1.54, 1.807) is 49.6 Å². The average Bonchev–Trinajstić information content (AvgIpc) is 3.37. The van der Waals surface area contributed by atoms with Gasteiger partial charge in [0.2, 0.25) is 11.8 Å². The van der Waals surface area contributed by atoms with Crippen molar-refractivity contribution in [1.29, 1.82) is 0 Å². The third kappa shape index (κ3) is 2.99. The van der Waals surface area contributed by atoms with Crippen LogP contribution >= 0.6 is 0 Å². The maximum atomic E-state index is 14.3. The molecule has 0 aliphatic carbocycles. The highest BCUT2D eigenvalue weighted by Crippen LogP contribution is 2.60. The summed E-state index contributed by atoms with van der Waals surface area (Å²) in [6, 6.07) is 13.0. The van der Waals surface area contributed by atoms with Crippen LogP contribution in [0.25, 0.3) is 0 Å². The summed E-state index contributed by atoms with van der Waals surface area (Å²) in [5, 5.41) is 0. The average molecular weight is 490 g/mol. The fraction of sp³-hybridized carbons (Fsp3) is 0.429. The molecule has 5 amide bonds. The molecule has 4 atom stereocenters. The standard InChI is InChI=1S/C28H31N3O5/c1-7-28-21-20(23(32)31(24(21)33)27(3,4)5)22(17-11-13-19(36-6)14-12-17)30(28)26(35)29(25(28)34)18-10-8-9-16(2)15-18/h8-15,20-22H,7H2,1-6H3/t20-,21-,22-,28-/m1/s1. The number of amides is 5. The quantitative estimate of drug-likeness (QED) is 0.477. The lowest BCUT2D eigenvalue weighted by molar-refractivity contribution is -0.149. The molecule has 3 aliphatic heterocycles. The van der Waals surface area contributed by atoms with E-state index < -0.39 is 46.8 Å². The predicted octanol–water partition coefficient (Wildman–Crippen LogP) is 4.08. The molecule has 3 aliphatic rings. The van der Waals surface area contributed by atoms with Crippen LogP contribution in [0.2, 0.25) is 0 Å². The molecular formula is C28H31N3O5. The summed E-state index contributed by atoms with van der Waals surface area (Å²) in [7, 11) is 1.56. The summed E-state index contributed by atoms with van der Waals surface area (Å²) in [5.74, 6) is -2.38. The van der Waals surface area contributed by atoms with Gasteiger partial charge in [-0.2, -0.15) is 0 Å². The maximum absolute atomic E-state index is 14.3. The van der Waals surface area contributed by atoms with Gasteiger partial charge < -0.3 is 9.64 Å². The van der Waals surface area contributed by atoms with Gasteiger partial charge in [-0.3, -0.25) is 19.3 Å². The molecule has 0 aromatic heterocycles. The molecule has 0 spiro atoms. The third-order valence-corrected chi connectivity index (χ3v) is 7.81. The molecule has 8 heteroatoms. The summed E-state index contributed by atoms with van der Waals surface area (Å²) in [6.07, 6.45) is 0.213. The number of carbonyl (C=O) groups is 4. The highest BCUT2D eigenvalue weighted by Gasteiger charge is 2.77. The minimum atomic E-state index is -1.46. The minimum Gasteiger partial charge on any atom is -0.497 e. The number of hydrogen-bond acceptors (Lipinski definition) is 5. The highest BCUT2D eigenvalue weighted by molar-refractivity contribution is 6.26. The Labute approximate surface area is 210 Å². The van der Waals surface area contributed by atoms with E-state index in [1.165, 1.54) is 14.7 Å². The number of ether oxygens (including phenoxy) is 1. The van der Waals surface area contributed by atoms with Gasteiger partial charge in [-0.25, -0.2) is 9.69 Å². The van der Waals surface area contributed by atoms with Crippen molar-refractivity contribution in [3.63, 3.8) is 0 Å². The van der Waals surface area contributed by atoms with Gasteiger partial charge in [-0.15, -0.1) is 0 Å². The van der Waals surface area contributed by atoms with Crippen LogP contribution in [-0.4, -0.2) is 51.7 Å². The van der Waals surface area contributed by atoms with E-state index in [4.69, 9.17) is 4.74 Å². The number of hydrogen-bond donors (Lipinski definition) is 0. The molecule has 8 nitrogen and oxygen atoms in total. The predicted molar refractivity (Wildman–Crippen MR) is 133 cm³/mol. The first kappa shape index (κ1) is 24.0. The van der Waals surface area contributed by atoms with Crippen molar-refractivity contribution >= 4 is 29.4 Å². The maximum Gasteiger partial charge on any atom is 0.332 e. The van der Waals surface area contributed by atoms with Crippen LogP contribution in [0.5, 0.6) is 5.75 Å². The molecule has 0 N–H and O–H groups in total. The SMILES string of the molecule is CC[C@@]12C(=O)N(c3cccc(C)c3)C(=O)N1[C@H](c1ccc(OC)cc1)[C@@H]1C(=O)N(C(C)(C)C)C(=O)[C@@H]12. The van der Waals surface area contributed by atoms with E-state index in [2.05, 4.69) is 0 Å². The first-order chi connectivity index (χ1) is 17.0. The van der Waals surface area contributed by atoms with Crippen LogP contribution in [-0.2, 0) is 14.4 Å². The molecule has 2 aromatic carbocycles. The van der Waals surface area contributed by atoms with Crippen molar-refractivity contribution in [3.05, 3.63) is 59.7 Å². The summed E-state index contributed by atoms with van der Waals surface area (Å²) < 4.78 is 5.30. The van der Waals surface area contributed by atoms with Crippen LogP contribution in [0, 0.1) is 18.8 Å². The van der Waals surface area contributed by atoms with Crippen molar-refractivity contribution in [3.8, 4) is 5.75 Å². The molecule has 2 aromatic rings. The lowest BCUT2D eigenvalue weighted by Gasteiger charge is -2.37. The molecule has 0 unspecified atom stereocenters. The number of urea groups is 1. The zero-order valence-electron chi connectivity index (χ0n) is 21.4. The van der Waals surface area contributed by atoms with Gasteiger partial charge in [0.1, 0.15) is 11.3 Å². The lowest BCUT2D eigenvalue weighted by atomic mass is 9.77. The fourth-order valence-corrected chi connectivity index (χ4v) is 6.34. The van der Waals surface area contributed by atoms with Crippen molar-refractivity contribution in [2.75, 3.05) is 12.0 Å². The number of fused-ring (bicyclic) bond motifs is 3. The van der Waals surface area contributed by atoms with Crippen molar-refractivity contribution in [1.82, 2.24) is 9.80 Å². The molecule has 0 saturated carbocycles. The Morgan fingerprint density at radius 1 is 0.972 bits per heavy atom. The van der Waals surface area contributed by atoms with Gasteiger partial charge in [0, 0.05) is 5.54 Å². The Kier molecular flexibility index (Phi) is 5.28. The molecule has 5 rings (SSSR count). The monoisotopic (exact) mass is 489 g/mol. The second-order valence-electron chi connectivity index (χ2n) is 10.8. The fourth-order valence-electron chi connectivity index (χ4n) is 6.34. The van der Waals surface area contributed by atoms with Crippen LogP contribution in [0.4, 0.5) is 10.5 Å². The van der Waals surface area contributed by atoms with E-state index in [-0.39, 0.29) is 12.3 Å². The molecule has 0 radical (unpaired) electrons. The number of aryl methyl sites for hydroxylation is 1. The smallest absolute Gasteiger partial charge is 0.332 e. The van der Waals surface area contributed by atoms with Crippen molar-refractivity contribution < 1.29 is 23.9 Å². The molecular weight excluding hydrogens is 458 g/mol. The molecule has 0 bridgehead atoms. The lowest BCUT2D eigenvalue weighted by Crippen LogP contribution is -2.55. The first-order valence-corrected chi connectivity index (χ1v) is 12.3. The van der Waals surface area contributed by atoms with Crippen LogP contribution in [0.3, 0.4) is 0 Å². The Bertz CT molecular complexity index is 1280. The Balaban J connectivity index is 1.74. The number of methoxy groups -OCH3 is 1. The van der Waals surface area contributed by atoms with Crippen molar-refractivity contribution in [2.45, 2.75) is 58.2 Å². The van der Waals surface area contributed by atoms with Gasteiger partial charge in [-0.1, -0.05) is 31.2 Å². The number of imide groups is 2. The number of anilines is 1. The topological polar surface area (TPSA) is 87.2 Å². The Morgan fingerprint density at radius 2 is 1.64 bits per heavy atom. The van der Waals surface area contributed by atoms with E-state index >= 15 is 0 Å². The van der Waals surface area contributed by atoms with Crippen molar-refractivity contribution in [2.24, 2.45) is 11.8 Å². The van der Waals surface area contributed by atoms with Gasteiger partial charge >= 0.3 is 6.03 Å². The number of rotatable bonds is 4. The molecule has 3 saturated heterocycles. The van der Waals surface area contributed by atoms with Crippen LogP contribution in [0.1, 0.15) is 51.3 Å². The largest absolute Gasteiger partial charge is 0.497 e. The molecule has 3 heterocycles. The van der Waals surface area contributed by atoms with Gasteiger partial charge in [0.15, 0.2) is 0 Å². The third-order valence-electron chi connectivity index (χ3n) is 7.81. The number of carbonyl (C=O) groups excluding carboxylic acids is 4. The van der Waals surface area contributed by atoms with Gasteiger partial charge in [0.05, 0.1) is 30.7 Å². The summed E-state index contributed by atoms with van der Waals surface area (Å²) >= 11 is 0. The Hall–Kier alpha value is -3.68. The number of likely N-dealkylation sites (tertiary alicyclic amines) is 1. The zero-order chi connectivity index (χ0) is 26.2. The normalized spacial score (nSPS) is 27.7. The van der Waals surface area contributed by atoms with E-state index in [0.717, 1.165) is 5.56 Å². The second-order valence-corrected chi connectivity index (χ2v) is 10.8. The number of nitrogens with zero attached hydrogens (tertiary/aromatic N) is 3. The zero-order valence-corrected chi connectivity index (χ0v) is 21.4. The highest BCUT2D eigenvalue weighted by atomic mass is 16.5. The number of benzene rings is 2. The second kappa shape index (κ2) is 7.91. The van der Waals surface area contributed by atoms with Gasteiger partial charge in [-0.05, 0) is 69.5 Å². The van der Waals surface area contributed by atoms with Gasteiger partial charge in [0.25, 0.3) is 5.91 Å². The minimum absolute atomic E-state index is 0.213. The summed E-state index contributed by atoms with van der Waals surface area (Å²) in [4.78, 5) is 60.1. The van der Waals surface area contributed by atoms with Crippen LogP contribution in [0.15, 0.2) is 48.5 Å². The molecule has 188 valence electrons. The van der Waals surface area contributed by atoms with E-state index in [0.29, 0.717) is 17.0 Å². The van der Waals surface area contributed by atoms with Crippen LogP contribution < -0.4 is 9.64 Å². The summed E-state index contributed by atoms with van der Waals surface area (Å²) in [5.41, 5.74) is -0.165. The molecule has 3 fully saturated rings. The Morgan fingerprint density at radius 3 is 2.19 bits per heavy atom. The van der Waals surface area contributed by atoms with E-state index in [1.807, 2.05) is 40.7 Å². The molecule has 36 heavy (non-hydrogen) atoms. The summed E-state index contributed by atoms with van der Waals surface area (Å²) in [6.45, 7) is 9.13.